The standard InChI is InChI=1S/C23H23N5O5S/c1-3-33-22(30)21(15(2)24)19(29)14-34-23-26-25-20(27(23)17-7-5-4-6-8-17)13-16-9-11-18(12-10-16)28(31)32/h4-12,24,29H,3,13-14H2,1-2H3/b21-19-,24-15?. The molecular weight excluding hydrogens is 458 g/mol. The van der Waals surface area contributed by atoms with E-state index in [1.54, 1.807) is 19.1 Å². The lowest BCUT2D eigenvalue weighted by molar-refractivity contribution is -0.384. The van der Waals surface area contributed by atoms with Gasteiger partial charge in [-0.1, -0.05) is 42.1 Å². The number of aliphatic hydroxyl groups excluding tert-OH is 1. The summed E-state index contributed by atoms with van der Waals surface area (Å²) >= 11 is 1.16. The van der Waals surface area contributed by atoms with Crippen molar-refractivity contribution in [3.05, 3.63) is 87.4 Å². The summed E-state index contributed by atoms with van der Waals surface area (Å²) in [4.78, 5) is 22.6. The van der Waals surface area contributed by atoms with Crippen LogP contribution in [0, 0.1) is 15.5 Å². The predicted octanol–water partition coefficient (Wildman–Crippen LogP) is 4.27. The number of benzene rings is 2. The van der Waals surface area contributed by atoms with Gasteiger partial charge in [-0.25, -0.2) is 4.79 Å². The zero-order valence-corrected chi connectivity index (χ0v) is 19.4. The van der Waals surface area contributed by atoms with E-state index in [1.807, 2.05) is 34.9 Å². The lowest BCUT2D eigenvalue weighted by Gasteiger charge is -2.11. The highest BCUT2D eigenvalue weighted by Gasteiger charge is 2.21. The molecule has 0 fully saturated rings. The van der Waals surface area contributed by atoms with E-state index < -0.39 is 10.9 Å². The molecule has 0 saturated carbocycles. The molecule has 0 bridgehead atoms. The minimum absolute atomic E-state index is 0.00526. The average molecular weight is 482 g/mol. The van der Waals surface area contributed by atoms with Crippen molar-refractivity contribution in [2.45, 2.75) is 25.4 Å². The topological polar surface area (TPSA) is 144 Å². The van der Waals surface area contributed by atoms with Crippen LogP contribution in [0.1, 0.15) is 25.2 Å². The molecule has 0 saturated heterocycles. The fourth-order valence-corrected chi connectivity index (χ4v) is 4.01. The van der Waals surface area contributed by atoms with Crippen molar-refractivity contribution in [1.82, 2.24) is 14.8 Å². The molecule has 2 aromatic carbocycles. The van der Waals surface area contributed by atoms with Crippen LogP contribution in [0.25, 0.3) is 5.69 Å². The lowest BCUT2D eigenvalue weighted by atomic mass is 10.1. The molecule has 0 aliphatic rings. The minimum atomic E-state index is -0.753. The molecule has 2 N–H and O–H groups in total. The van der Waals surface area contributed by atoms with Gasteiger partial charge in [-0.3, -0.25) is 14.7 Å². The number of carbonyl (C=O) groups excluding carboxylic acids is 1. The molecule has 0 spiro atoms. The van der Waals surface area contributed by atoms with Crippen LogP contribution >= 0.6 is 11.8 Å². The molecular formula is C23H23N5O5S. The number of nitrogens with one attached hydrogen (secondary N) is 1. The first kappa shape index (κ1) is 24.6. The molecule has 0 radical (unpaired) electrons. The highest BCUT2D eigenvalue weighted by molar-refractivity contribution is 7.99. The van der Waals surface area contributed by atoms with Crippen molar-refractivity contribution < 1.29 is 19.6 Å². The van der Waals surface area contributed by atoms with Crippen LogP contribution in [0.2, 0.25) is 0 Å². The molecule has 3 rings (SSSR count). The van der Waals surface area contributed by atoms with Crippen molar-refractivity contribution in [2.75, 3.05) is 12.4 Å². The molecule has 0 amide bonds. The maximum absolute atomic E-state index is 12.1. The van der Waals surface area contributed by atoms with E-state index in [4.69, 9.17) is 10.1 Å². The molecule has 3 aromatic rings. The van der Waals surface area contributed by atoms with Crippen molar-refractivity contribution in [3.8, 4) is 5.69 Å². The number of carbonyl (C=O) groups is 1. The average Bonchev–Trinajstić information content (AvgIpc) is 3.21. The number of nitro benzene ring substituents is 1. The largest absolute Gasteiger partial charge is 0.510 e. The third-order valence-electron chi connectivity index (χ3n) is 4.71. The second kappa shape index (κ2) is 11.2. The zero-order chi connectivity index (χ0) is 24.7. The Morgan fingerprint density at radius 3 is 2.44 bits per heavy atom. The number of non-ortho nitro benzene ring substituents is 1. The van der Waals surface area contributed by atoms with E-state index in [2.05, 4.69) is 10.2 Å². The third-order valence-corrected chi connectivity index (χ3v) is 5.65. The maximum Gasteiger partial charge on any atom is 0.343 e. The van der Waals surface area contributed by atoms with Crippen molar-refractivity contribution in [2.24, 2.45) is 0 Å². The van der Waals surface area contributed by atoms with E-state index in [1.165, 1.54) is 19.1 Å². The Balaban J connectivity index is 1.91. The van der Waals surface area contributed by atoms with Crippen LogP contribution in [0.5, 0.6) is 0 Å². The molecule has 0 atom stereocenters. The van der Waals surface area contributed by atoms with Gasteiger partial charge >= 0.3 is 5.97 Å². The zero-order valence-electron chi connectivity index (χ0n) is 18.6. The smallest absolute Gasteiger partial charge is 0.343 e. The Morgan fingerprint density at radius 2 is 1.85 bits per heavy atom. The quantitative estimate of drug-likeness (QED) is 0.0830. The maximum atomic E-state index is 12.1. The predicted molar refractivity (Wildman–Crippen MR) is 128 cm³/mol. The van der Waals surface area contributed by atoms with Crippen LogP contribution < -0.4 is 0 Å². The molecule has 34 heavy (non-hydrogen) atoms. The van der Waals surface area contributed by atoms with Crippen molar-refractivity contribution >= 4 is 29.1 Å². The molecule has 176 valence electrons. The molecule has 0 aliphatic carbocycles. The summed E-state index contributed by atoms with van der Waals surface area (Å²) in [5.41, 5.74) is 1.35. The van der Waals surface area contributed by atoms with Gasteiger partial charge in [0.2, 0.25) is 0 Å². The summed E-state index contributed by atoms with van der Waals surface area (Å²) in [5, 5.41) is 38.3. The van der Waals surface area contributed by atoms with Crippen molar-refractivity contribution in [3.63, 3.8) is 0 Å². The Morgan fingerprint density at radius 1 is 1.18 bits per heavy atom. The SMILES string of the molecule is CCOC(=O)/C(C(C)=N)=C(\O)CSc1nnc(Cc2ccc([N+](=O)[O-])cc2)n1-c1ccccc1. The molecule has 0 aliphatic heterocycles. The first-order valence-corrected chi connectivity index (χ1v) is 11.3. The van der Waals surface area contributed by atoms with Gasteiger partial charge in [0.15, 0.2) is 5.16 Å². The van der Waals surface area contributed by atoms with E-state index in [9.17, 15) is 20.0 Å². The first-order chi connectivity index (χ1) is 16.3. The Hall–Kier alpha value is -3.99. The molecule has 1 heterocycles. The van der Waals surface area contributed by atoms with Gasteiger partial charge in [0.05, 0.1) is 17.3 Å². The van der Waals surface area contributed by atoms with E-state index in [0.717, 1.165) is 23.0 Å². The number of ether oxygens (including phenoxy) is 1. The summed E-state index contributed by atoms with van der Waals surface area (Å²) in [6.45, 7) is 3.18. The van der Waals surface area contributed by atoms with Gasteiger partial charge in [-0.15, -0.1) is 10.2 Å². The summed E-state index contributed by atoms with van der Waals surface area (Å²) in [5.74, 6) is -0.459. The number of nitro groups is 1. The summed E-state index contributed by atoms with van der Waals surface area (Å²) < 4.78 is 6.76. The van der Waals surface area contributed by atoms with Gasteiger partial charge < -0.3 is 15.3 Å². The fraction of sp³-hybridized carbons (Fsp3) is 0.217. The number of esters is 1. The van der Waals surface area contributed by atoms with Crippen LogP contribution in [-0.4, -0.2) is 48.8 Å². The number of aromatic nitrogens is 3. The first-order valence-electron chi connectivity index (χ1n) is 10.3. The number of nitrogens with zero attached hydrogens (tertiary/aromatic N) is 4. The third kappa shape index (κ3) is 5.87. The van der Waals surface area contributed by atoms with E-state index in [0.29, 0.717) is 17.4 Å². The Labute approximate surface area is 199 Å². The summed E-state index contributed by atoms with van der Waals surface area (Å²) in [6.07, 6.45) is 0.371. The molecule has 0 unspecified atom stereocenters. The molecule has 11 heteroatoms. The highest BCUT2D eigenvalue weighted by atomic mass is 32.2. The number of rotatable bonds is 10. The van der Waals surface area contributed by atoms with Crippen LogP contribution in [0.3, 0.4) is 0 Å². The fourth-order valence-electron chi connectivity index (χ4n) is 3.16. The van der Waals surface area contributed by atoms with Gasteiger partial charge in [0, 0.05) is 30.0 Å². The van der Waals surface area contributed by atoms with Crippen LogP contribution in [0.4, 0.5) is 5.69 Å². The van der Waals surface area contributed by atoms with Crippen LogP contribution in [0.15, 0.2) is 71.1 Å². The van der Waals surface area contributed by atoms with Gasteiger partial charge in [-0.05, 0) is 31.5 Å². The number of hydrogen-bond donors (Lipinski definition) is 2. The minimum Gasteiger partial charge on any atom is -0.510 e. The number of para-hydroxylation sites is 1. The van der Waals surface area contributed by atoms with Crippen molar-refractivity contribution in [1.29, 1.82) is 5.41 Å². The van der Waals surface area contributed by atoms with Crippen LogP contribution in [-0.2, 0) is 16.0 Å². The molecule has 1 aromatic heterocycles. The van der Waals surface area contributed by atoms with E-state index in [-0.39, 0.29) is 35.1 Å². The monoisotopic (exact) mass is 481 g/mol. The number of aliphatic hydroxyl groups is 1. The summed E-state index contributed by atoms with van der Waals surface area (Å²) in [7, 11) is 0. The normalized spacial score (nSPS) is 11.6. The molecule has 10 nitrogen and oxygen atoms in total. The second-order valence-corrected chi connectivity index (χ2v) is 8.07. The van der Waals surface area contributed by atoms with Gasteiger partial charge in [0.1, 0.15) is 17.2 Å². The lowest BCUT2D eigenvalue weighted by Crippen LogP contribution is -2.16. The number of thioether (sulfide) groups is 1. The Kier molecular flexibility index (Phi) is 8.14. The number of hydrogen-bond acceptors (Lipinski definition) is 9. The highest BCUT2D eigenvalue weighted by Crippen LogP contribution is 2.26. The van der Waals surface area contributed by atoms with E-state index >= 15 is 0 Å². The van der Waals surface area contributed by atoms with Gasteiger partial charge in [0.25, 0.3) is 5.69 Å². The Bertz CT molecular complexity index is 1220. The summed E-state index contributed by atoms with van der Waals surface area (Å²) in [6, 6.07) is 15.6. The van der Waals surface area contributed by atoms with Gasteiger partial charge in [-0.2, -0.15) is 0 Å². The second-order valence-electron chi connectivity index (χ2n) is 7.13.